The van der Waals surface area contributed by atoms with Gasteiger partial charge in [0.2, 0.25) is 0 Å². The molecule has 0 atom stereocenters. The molecule has 4 nitrogen and oxygen atoms in total. The van der Waals surface area contributed by atoms with Crippen molar-refractivity contribution in [2.45, 2.75) is 0 Å². The largest absolute Gasteiger partial charge is 0.311 e. The zero-order chi connectivity index (χ0) is 53.4. The van der Waals surface area contributed by atoms with E-state index < -0.39 is 0 Å². The highest BCUT2D eigenvalue weighted by molar-refractivity contribution is 7.26. The molecule has 0 unspecified atom stereocenters. The second-order valence-electron chi connectivity index (χ2n) is 20.9. The molecule has 3 aromatic heterocycles. The van der Waals surface area contributed by atoms with Crippen molar-refractivity contribution in [1.29, 1.82) is 0 Å². The molecule has 0 saturated carbocycles. The Bertz CT molecular complexity index is 5070. The van der Waals surface area contributed by atoms with Crippen molar-refractivity contribution in [1.82, 2.24) is 14.5 Å². The van der Waals surface area contributed by atoms with E-state index in [1.807, 2.05) is 17.5 Å². The first kappa shape index (κ1) is 46.6. The second kappa shape index (κ2) is 19.2. The van der Waals surface area contributed by atoms with E-state index in [2.05, 4.69) is 295 Å². The molecule has 0 saturated heterocycles. The van der Waals surface area contributed by atoms with Gasteiger partial charge in [-0.25, -0.2) is 4.98 Å². The molecule has 3 heterocycles. The fraction of sp³-hybridized carbons (Fsp3) is 0. The van der Waals surface area contributed by atoms with Crippen LogP contribution in [0.1, 0.15) is 0 Å². The molecule has 0 spiro atoms. The first-order valence-electron chi connectivity index (χ1n) is 27.5. The van der Waals surface area contributed by atoms with Crippen LogP contribution in [0.2, 0.25) is 0 Å². The molecule has 0 aliphatic heterocycles. The highest BCUT2D eigenvalue weighted by Gasteiger charge is 2.19. The van der Waals surface area contributed by atoms with Gasteiger partial charge >= 0.3 is 0 Å². The Hall–Kier alpha value is -10.5. The molecule has 0 N–H and O–H groups in total. The summed E-state index contributed by atoms with van der Waals surface area (Å²) < 4.78 is 4.97. The third kappa shape index (κ3) is 7.89. The highest BCUT2D eigenvalue weighted by atomic mass is 32.1. The van der Waals surface area contributed by atoms with Crippen molar-refractivity contribution in [2.24, 2.45) is 0 Å². The molecule has 5 heteroatoms. The van der Waals surface area contributed by atoms with Crippen molar-refractivity contribution < 1.29 is 0 Å². The number of benzene rings is 13. The van der Waals surface area contributed by atoms with E-state index in [1.165, 1.54) is 69.6 Å². The van der Waals surface area contributed by atoms with E-state index in [4.69, 9.17) is 9.97 Å². The molecule has 13 aromatic carbocycles. The predicted molar refractivity (Wildman–Crippen MR) is 344 cm³/mol. The summed E-state index contributed by atoms with van der Waals surface area (Å²) in [5.74, 6) is 0. The summed E-state index contributed by atoms with van der Waals surface area (Å²) in [5, 5.41) is 9.59. The molecule has 378 valence electrons. The first-order chi connectivity index (χ1) is 40.2. The van der Waals surface area contributed by atoms with E-state index >= 15 is 0 Å². The van der Waals surface area contributed by atoms with Crippen LogP contribution in [-0.2, 0) is 0 Å². The summed E-state index contributed by atoms with van der Waals surface area (Å²) in [4.78, 5) is 13.0. The van der Waals surface area contributed by atoms with Crippen molar-refractivity contribution in [2.75, 3.05) is 4.90 Å². The quantitative estimate of drug-likeness (QED) is 0.135. The topological polar surface area (TPSA) is 34.0 Å². The molecule has 16 aromatic rings. The van der Waals surface area contributed by atoms with Gasteiger partial charge in [-0.15, -0.1) is 11.3 Å². The average Bonchev–Trinajstić information content (AvgIpc) is 4.30. The Kier molecular flexibility index (Phi) is 11.0. The fourth-order valence-electron chi connectivity index (χ4n) is 12.4. The van der Waals surface area contributed by atoms with Crippen LogP contribution in [0.5, 0.6) is 0 Å². The number of fused-ring (bicyclic) bond motifs is 12. The highest BCUT2D eigenvalue weighted by Crippen LogP contribution is 2.44. The zero-order valence-corrected chi connectivity index (χ0v) is 44.7. The maximum atomic E-state index is 5.45. The van der Waals surface area contributed by atoms with Crippen LogP contribution in [0.3, 0.4) is 0 Å². The lowest BCUT2D eigenvalue weighted by Gasteiger charge is -2.26. The van der Waals surface area contributed by atoms with Gasteiger partial charge in [0.15, 0.2) is 0 Å². The number of hydrogen-bond acceptors (Lipinski definition) is 4. The van der Waals surface area contributed by atoms with Crippen LogP contribution in [-0.4, -0.2) is 14.5 Å². The van der Waals surface area contributed by atoms with Crippen molar-refractivity contribution in [3.8, 4) is 61.5 Å². The Morgan fingerprint density at radius 3 is 1.62 bits per heavy atom. The van der Waals surface area contributed by atoms with Crippen LogP contribution >= 0.6 is 11.3 Å². The number of aromatic nitrogens is 3. The molecular weight excluding hydrogens is 1000 g/mol. The van der Waals surface area contributed by atoms with Gasteiger partial charge in [-0.1, -0.05) is 200 Å². The fourth-order valence-corrected chi connectivity index (χ4v) is 13.7. The molecular formula is C76H48N4S. The zero-order valence-electron chi connectivity index (χ0n) is 43.9. The number of anilines is 3. The lowest BCUT2D eigenvalue weighted by molar-refractivity contribution is 1.18. The van der Waals surface area contributed by atoms with Crippen molar-refractivity contribution in [3.63, 3.8) is 0 Å². The van der Waals surface area contributed by atoms with E-state index in [0.717, 1.165) is 83.5 Å². The van der Waals surface area contributed by atoms with E-state index in [9.17, 15) is 0 Å². The van der Waals surface area contributed by atoms with Gasteiger partial charge in [0, 0.05) is 70.0 Å². The molecule has 0 aliphatic rings. The Balaban J connectivity index is 0.721. The number of para-hydroxylation sites is 3. The van der Waals surface area contributed by atoms with Crippen LogP contribution in [0.15, 0.2) is 291 Å². The van der Waals surface area contributed by atoms with E-state index in [-0.39, 0.29) is 0 Å². The Labute approximate surface area is 472 Å². The van der Waals surface area contributed by atoms with Gasteiger partial charge in [0.05, 0.1) is 34.0 Å². The van der Waals surface area contributed by atoms with Crippen LogP contribution in [0, 0.1) is 0 Å². The number of thiophene rings is 1. The number of hydrogen-bond donors (Lipinski definition) is 0. The minimum atomic E-state index is 0.853. The van der Waals surface area contributed by atoms with Crippen LogP contribution in [0.4, 0.5) is 17.1 Å². The SMILES string of the molecule is c1ccc(N(c2ccc(-c3cccc(-c4cccc5c6ncc(-c7cccc(-c8cccc9c8sc8ccccc89)c7)nc6c6ccccc6c45)c3)cc2)c2ccc(-c3ccc4c(c3)c3ccccc3n4-c3ccccc3)cc2)cc1. The molecule has 0 bridgehead atoms. The summed E-state index contributed by atoms with van der Waals surface area (Å²) in [6.45, 7) is 0. The average molecular weight is 1050 g/mol. The van der Waals surface area contributed by atoms with E-state index in [0.29, 0.717) is 0 Å². The number of rotatable bonds is 9. The lowest BCUT2D eigenvalue weighted by atomic mass is 9.91. The monoisotopic (exact) mass is 1050 g/mol. The molecule has 81 heavy (non-hydrogen) atoms. The molecule has 16 rings (SSSR count). The third-order valence-electron chi connectivity index (χ3n) is 16.2. The van der Waals surface area contributed by atoms with E-state index in [1.54, 1.807) is 0 Å². The van der Waals surface area contributed by atoms with Gasteiger partial charge in [-0.2, -0.15) is 0 Å². The third-order valence-corrected chi connectivity index (χ3v) is 17.4. The van der Waals surface area contributed by atoms with Crippen LogP contribution < -0.4 is 4.90 Å². The predicted octanol–water partition coefficient (Wildman–Crippen LogP) is 21.2. The molecule has 0 aliphatic carbocycles. The summed E-state index contributed by atoms with van der Waals surface area (Å²) in [6.07, 6.45) is 1.95. The molecule has 0 amide bonds. The minimum Gasteiger partial charge on any atom is -0.311 e. The van der Waals surface area contributed by atoms with Gasteiger partial charge < -0.3 is 9.47 Å². The Morgan fingerprint density at radius 1 is 0.321 bits per heavy atom. The Morgan fingerprint density at radius 2 is 0.852 bits per heavy atom. The summed E-state index contributed by atoms with van der Waals surface area (Å²) >= 11 is 1.86. The van der Waals surface area contributed by atoms with Gasteiger partial charge in [0.1, 0.15) is 0 Å². The number of nitrogens with zero attached hydrogens (tertiary/aromatic N) is 4. The molecule has 0 fully saturated rings. The van der Waals surface area contributed by atoms with Crippen molar-refractivity contribution >= 4 is 103 Å². The standard InChI is InChI=1S/C76H48N4S/c1-3-21-56(22-4-1)79(59-42-37-50(38-43-59)52-39-44-71-68(47-52)62-25-9-11-33-70(62)80(71)57-23-5-2-6-24-57)58-40-35-49(36-41-58)51-17-13-18-53(45-51)60-29-15-32-67-73(60)64-27-7-8-28-65(64)75-74(67)77-48-69(78-75)55-20-14-19-54(46-55)61-30-16-31-66-63-26-10-12-34-72(63)81-76(61)66/h1-48H. The molecule has 0 radical (unpaired) electrons. The van der Waals surface area contributed by atoms with Crippen LogP contribution in [0.25, 0.3) is 136 Å². The smallest absolute Gasteiger partial charge is 0.0979 e. The summed E-state index contributed by atoms with van der Waals surface area (Å²) in [7, 11) is 0. The maximum Gasteiger partial charge on any atom is 0.0979 e. The maximum absolute atomic E-state index is 5.45. The minimum absolute atomic E-state index is 0.853. The van der Waals surface area contributed by atoms with Gasteiger partial charge in [0.25, 0.3) is 0 Å². The second-order valence-corrected chi connectivity index (χ2v) is 21.9. The first-order valence-corrected chi connectivity index (χ1v) is 28.3. The van der Waals surface area contributed by atoms with Gasteiger partial charge in [-0.05, 0) is 140 Å². The van der Waals surface area contributed by atoms with Gasteiger partial charge in [-0.3, -0.25) is 4.98 Å². The van der Waals surface area contributed by atoms with Crippen molar-refractivity contribution in [3.05, 3.63) is 291 Å². The summed E-state index contributed by atoms with van der Waals surface area (Å²) in [5.41, 5.74) is 19.9. The lowest BCUT2D eigenvalue weighted by Crippen LogP contribution is -2.09. The normalized spacial score (nSPS) is 11.7. The summed E-state index contributed by atoms with van der Waals surface area (Å²) in [6, 6.07) is 103.